The highest BCUT2D eigenvalue weighted by Gasteiger charge is 2.36. The van der Waals surface area contributed by atoms with E-state index < -0.39 is 0 Å². The van der Waals surface area contributed by atoms with Crippen LogP contribution in [0.1, 0.15) is 40.5 Å². The van der Waals surface area contributed by atoms with Gasteiger partial charge in [0.15, 0.2) is 0 Å². The summed E-state index contributed by atoms with van der Waals surface area (Å²) in [5, 5.41) is 3.65. The van der Waals surface area contributed by atoms with Crippen LogP contribution in [0.2, 0.25) is 0 Å². The van der Waals surface area contributed by atoms with E-state index in [1.165, 1.54) is 19.4 Å². The minimum absolute atomic E-state index is 0.355. The lowest BCUT2D eigenvalue weighted by atomic mass is 9.79. The molecule has 0 amide bonds. The second-order valence-electron chi connectivity index (χ2n) is 7.10. The lowest BCUT2D eigenvalue weighted by molar-refractivity contribution is -0.0877. The van der Waals surface area contributed by atoms with Crippen LogP contribution in [0.3, 0.4) is 0 Å². The third-order valence-electron chi connectivity index (χ3n) is 4.49. The van der Waals surface area contributed by atoms with Gasteiger partial charge in [-0.2, -0.15) is 0 Å². The number of nitrogens with one attached hydrogen (secondary N) is 1. The Balaban J connectivity index is 1.95. The maximum atomic E-state index is 5.85. The number of hydrogen-bond acceptors (Lipinski definition) is 4. The van der Waals surface area contributed by atoms with Crippen molar-refractivity contribution in [3.63, 3.8) is 0 Å². The van der Waals surface area contributed by atoms with Gasteiger partial charge in [0.05, 0.1) is 12.2 Å². The Bertz CT molecular complexity index is 280. The first-order valence-corrected chi connectivity index (χ1v) is 8.18. The fourth-order valence-electron chi connectivity index (χ4n) is 3.50. The Morgan fingerprint density at radius 3 is 2.30 bits per heavy atom. The summed E-state index contributed by atoms with van der Waals surface area (Å²) in [7, 11) is 0. The molecule has 4 heteroatoms. The molecule has 0 bridgehead atoms. The summed E-state index contributed by atoms with van der Waals surface area (Å²) in [6, 6.07) is 0.553. The van der Waals surface area contributed by atoms with Crippen molar-refractivity contribution < 1.29 is 9.47 Å². The lowest BCUT2D eigenvalue weighted by Gasteiger charge is -2.44. The number of morpholine rings is 1. The summed E-state index contributed by atoms with van der Waals surface area (Å²) >= 11 is 0. The summed E-state index contributed by atoms with van der Waals surface area (Å²) in [5.41, 5.74) is 0.374. The van der Waals surface area contributed by atoms with E-state index in [1.807, 2.05) is 0 Å². The fourth-order valence-corrected chi connectivity index (χ4v) is 3.50. The van der Waals surface area contributed by atoms with E-state index in [0.29, 0.717) is 23.7 Å². The minimum Gasteiger partial charge on any atom is -0.381 e. The highest BCUT2D eigenvalue weighted by molar-refractivity contribution is 4.89. The Kier molecular flexibility index (Phi) is 5.84. The van der Waals surface area contributed by atoms with Crippen molar-refractivity contribution in [3.05, 3.63) is 0 Å². The second-order valence-corrected chi connectivity index (χ2v) is 7.10. The Morgan fingerprint density at radius 2 is 1.75 bits per heavy atom. The van der Waals surface area contributed by atoms with Crippen LogP contribution in [-0.2, 0) is 9.47 Å². The molecule has 0 aromatic carbocycles. The van der Waals surface area contributed by atoms with Gasteiger partial charge in [0.1, 0.15) is 0 Å². The Morgan fingerprint density at radius 1 is 1.15 bits per heavy atom. The van der Waals surface area contributed by atoms with Gasteiger partial charge in [-0.1, -0.05) is 13.8 Å². The highest BCUT2D eigenvalue weighted by Crippen LogP contribution is 2.32. The molecule has 2 rings (SSSR count). The number of hydrogen-bond donors (Lipinski definition) is 1. The molecule has 118 valence electrons. The van der Waals surface area contributed by atoms with E-state index in [1.54, 1.807) is 0 Å². The molecule has 0 saturated carbocycles. The van der Waals surface area contributed by atoms with Crippen LogP contribution in [0.15, 0.2) is 0 Å². The van der Waals surface area contributed by atoms with Crippen molar-refractivity contribution in [1.82, 2.24) is 10.2 Å². The SMILES string of the molecule is CC(C)NCC1(CN2CC(C)OC(C)C2)CCOCC1. The zero-order chi connectivity index (χ0) is 14.6. The average molecular weight is 284 g/mol. The molecule has 0 aromatic heterocycles. The van der Waals surface area contributed by atoms with Gasteiger partial charge < -0.3 is 14.8 Å². The number of ether oxygens (including phenoxy) is 2. The molecule has 2 aliphatic heterocycles. The molecule has 2 heterocycles. The maximum absolute atomic E-state index is 5.85. The molecule has 2 fully saturated rings. The van der Waals surface area contributed by atoms with Crippen molar-refractivity contribution in [3.8, 4) is 0 Å². The third kappa shape index (κ3) is 4.69. The van der Waals surface area contributed by atoms with Crippen molar-refractivity contribution in [2.24, 2.45) is 5.41 Å². The number of nitrogens with zero attached hydrogens (tertiary/aromatic N) is 1. The minimum atomic E-state index is 0.355. The second kappa shape index (κ2) is 7.21. The normalized spacial score (nSPS) is 31.6. The van der Waals surface area contributed by atoms with Gasteiger partial charge in [0.2, 0.25) is 0 Å². The third-order valence-corrected chi connectivity index (χ3v) is 4.49. The first kappa shape index (κ1) is 16.2. The largest absolute Gasteiger partial charge is 0.381 e. The van der Waals surface area contributed by atoms with Gasteiger partial charge in [-0.15, -0.1) is 0 Å². The van der Waals surface area contributed by atoms with Crippen LogP contribution >= 0.6 is 0 Å². The average Bonchev–Trinajstić information content (AvgIpc) is 2.36. The zero-order valence-electron chi connectivity index (χ0n) is 13.7. The molecular weight excluding hydrogens is 252 g/mol. The molecule has 2 aliphatic rings. The summed E-state index contributed by atoms with van der Waals surface area (Å²) in [6.07, 6.45) is 3.06. The van der Waals surface area contributed by atoms with Gasteiger partial charge in [0, 0.05) is 45.4 Å². The van der Waals surface area contributed by atoms with E-state index in [9.17, 15) is 0 Å². The molecule has 0 radical (unpaired) electrons. The molecule has 2 atom stereocenters. The summed E-state index contributed by atoms with van der Waals surface area (Å²) in [4.78, 5) is 2.60. The van der Waals surface area contributed by atoms with Crippen molar-refractivity contribution >= 4 is 0 Å². The van der Waals surface area contributed by atoms with Crippen molar-refractivity contribution in [1.29, 1.82) is 0 Å². The van der Waals surface area contributed by atoms with E-state index in [-0.39, 0.29) is 0 Å². The molecule has 1 N–H and O–H groups in total. The van der Waals surface area contributed by atoms with E-state index in [2.05, 4.69) is 37.9 Å². The Labute approximate surface area is 124 Å². The van der Waals surface area contributed by atoms with Crippen LogP contribution in [-0.4, -0.2) is 62.5 Å². The quantitative estimate of drug-likeness (QED) is 0.836. The molecule has 0 spiro atoms. The lowest BCUT2D eigenvalue weighted by Crippen LogP contribution is -2.53. The summed E-state index contributed by atoms with van der Waals surface area (Å²) in [6.45, 7) is 15.1. The summed E-state index contributed by atoms with van der Waals surface area (Å²) in [5.74, 6) is 0. The molecule has 4 nitrogen and oxygen atoms in total. The molecule has 2 saturated heterocycles. The molecule has 2 unspecified atom stereocenters. The predicted octanol–water partition coefficient (Wildman–Crippen LogP) is 1.89. The van der Waals surface area contributed by atoms with Gasteiger partial charge in [-0.25, -0.2) is 0 Å². The smallest absolute Gasteiger partial charge is 0.0678 e. The number of rotatable bonds is 5. The highest BCUT2D eigenvalue weighted by atomic mass is 16.5. The summed E-state index contributed by atoms with van der Waals surface area (Å²) < 4.78 is 11.4. The van der Waals surface area contributed by atoms with Crippen LogP contribution < -0.4 is 5.32 Å². The predicted molar refractivity (Wildman–Crippen MR) is 82.1 cm³/mol. The van der Waals surface area contributed by atoms with Crippen LogP contribution in [0.5, 0.6) is 0 Å². The van der Waals surface area contributed by atoms with Gasteiger partial charge in [-0.3, -0.25) is 4.90 Å². The first-order chi connectivity index (χ1) is 9.49. The van der Waals surface area contributed by atoms with Crippen LogP contribution in [0, 0.1) is 5.41 Å². The van der Waals surface area contributed by atoms with E-state index in [0.717, 1.165) is 32.8 Å². The van der Waals surface area contributed by atoms with Crippen LogP contribution in [0.4, 0.5) is 0 Å². The van der Waals surface area contributed by atoms with Crippen molar-refractivity contribution in [2.75, 3.05) is 39.4 Å². The Hall–Kier alpha value is -0.160. The molecule has 0 aromatic rings. The van der Waals surface area contributed by atoms with Gasteiger partial charge in [-0.05, 0) is 32.1 Å². The standard InChI is InChI=1S/C16H32N2O2/c1-13(2)17-11-16(5-7-19-8-6-16)12-18-9-14(3)20-15(4)10-18/h13-15,17H,5-12H2,1-4H3. The van der Waals surface area contributed by atoms with Gasteiger partial charge in [0.25, 0.3) is 0 Å². The monoisotopic (exact) mass is 284 g/mol. The molecule has 20 heavy (non-hydrogen) atoms. The first-order valence-electron chi connectivity index (χ1n) is 8.18. The van der Waals surface area contributed by atoms with E-state index in [4.69, 9.17) is 9.47 Å². The zero-order valence-corrected chi connectivity index (χ0v) is 13.7. The molecule has 0 aliphatic carbocycles. The fraction of sp³-hybridized carbons (Fsp3) is 1.00. The van der Waals surface area contributed by atoms with Crippen molar-refractivity contribution in [2.45, 2.75) is 58.8 Å². The topological polar surface area (TPSA) is 33.7 Å². The van der Waals surface area contributed by atoms with E-state index >= 15 is 0 Å². The van der Waals surface area contributed by atoms with Crippen LogP contribution in [0.25, 0.3) is 0 Å². The molecular formula is C16H32N2O2. The van der Waals surface area contributed by atoms with Gasteiger partial charge >= 0.3 is 0 Å². The maximum Gasteiger partial charge on any atom is 0.0678 e.